The molecule has 1 N–H and O–H groups in total. The Kier molecular flexibility index (Phi) is 6.09. The first kappa shape index (κ1) is 18.9. The van der Waals surface area contributed by atoms with Gasteiger partial charge in [-0.1, -0.05) is 17.7 Å². The minimum atomic E-state index is -0.490. The molecule has 0 heterocycles. The number of benzene rings is 2. The van der Waals surface area contributed by atoms with Gasteiger partial charge in [0.25, 0.3) is 5.91 Å². The van der Waals surface area contributed by atoms with E-state index < -0.39 is 11.9 Å². The van der Waals surface area contributed by atoms with E-state index in [0.29, 0.717) is 22.6 Å². The van der Waals surface area contributed by atoms with E-state index in [-0.39, 0.29) is 16.7 Å². The number of halogens is 2. The molecule has 5 nitrogen and oxygen atoms in total. The molecule has 0 aliphatic carbocycles. The van der Waals surface area contributed by atoms with Crippen LogP contribution in [0.2, 0.25) is 5.02 Å². The number of rotatable bonds is 6. The average Bonchev–Trinajstić information content (AvgIpc) is 2.60. The van der Waals surface area contributed by atoms with Crippen LogP contribution < -0.4 is 19.5 Å². The van der Waals surface area contributed by atoms with Crippen molar-refractivity contribution in [3.63, 3.8) is 0 Å². The highest BCUT2D eigenvalue weighted by Gasteiger charge is 2.18. The molecule has 0 spiro atoms. The third kappa shape index (κ3) is 4.14. The van der Waals surface area contributed by atoms with Crippen molar-refractivity contribution in [1.29, 1.82) is 0 Å². The van der Waals surface area contributed by atoms with E-state index in [9.17, 15) is 9.18 Å². The molecule has 7 heteroatoms. The zero-order chi connectivity index (χ0) is 18.6. The Morgan fingerprint density at radius 1 is 1.08 bits per heavy atom. The predicted octanol–water partition coefficient (Wildman–Crippen LogP) is 4.00. The van der Waals surface area contributed by atoms with Crippen LogP contribution in [0, 0.1) is 5.82 Å². The zero-order valence-corrected chi connectivity index (χ0v) is 15.1. The van der Waals surface area contributed by atoms with Gasteiger partial charge < -0.3 is 19.5 Å². The summed E-state index contributed by atoms with van der Waals surface area (Å²) in [6.07, 6.45) is 0. The predicted molar refractivity (Wildman–Crippen MR) is 93.4 cm³/mol. The summed E-state index contributed by atoms with van der Waals surface area (Å²) in [4.78, 5) is 12.5. The van der Waals surface area contributed by atoms with Crippen molar-refractivity contribution < 1.29 is 23.4 Å². The maximum atomic E-state index is 13.8. The molecule has 2 rings (SSSR count). The van der Waals surface area contributed by atoms with E-state index in [1.807, 2.05) is 0 Å². The molecule has 0 aliphatic heterocycles. The number of ether oxygens (including phenoxy) is 3. The molecule has 0 saturated carbocycles. The molecule has 0 saturated heterocycles. The summed E-state index contributed by atoms with van der Waals surface area (Å²) < 4.78 is 29.0. The molecule has 2 aromatic carbocycles. The minimum absolute atomic E-state index is 0.147. The monoisotopic (exact) mass is 367 g/mol. The van der Waals surface area contributed by atoms with Crippen molar-refractivity contribution in [3.05, 3.63) is 52.3 Å². The highest BCUT2D eigenvalue weighted by Crippen LogP contribution is 2.36. The third-order valence-electron chi connectivity index (χ3n) is 3.72. The lowest BCUT2D eigenvalue weighted by Gasteiger charge is -2.16. The number of hydrogen-bond acceptors (Lipinski definition) is 4. The van der Waals surface area contributed by atoms with Crippen LogP contribution in [0.15, 0.2) is 30.3 Å². The molecule has 0 aliphatic rings. The first-order valence-electron chi connectivity index (χ1n) is 7.47. The van der Waals surface area contributed by atoms with Crippen molar-refractivity contribution in [2.45, 2.75) is 13.0 Å². The molecule has 25 heavy (non-hydrogen) atoms. The van der Waals surface area contributed by atoms with E-state index in [4.69, 9.17) is 25.8 Å². The van der Waals surface area contributed by atoms with Gasteiger partial charge >= 0.3 is 0 Å². The number of carbonyl (C=O) groups is 1. The molecule has 1 atom stereocenters. The van der Waals surface area contributed by atoms with Crippen molar-refractivity contribution >= 4 is 17.5 Å². The van der Waals surface area contributed by atoms with Gasteiger partial charge in [0.05, 0.1) is 32.4 Å². The molecule has 0 bridgehead atoms. The van der Waals surface area contributed by atoms with Crippen molar-refractivity contribution in [3.8, 4) is 17.2 Å². The summed E-state index contributed by atoms with van der Waals surface area (Å²) in [6, 6.07) is 7.13. The maximum Gasteiger partial charge on any atom is 0.251 e. The van der Waals surface area contributed by atoms with Crippen LogP contribution >= 0.6 is 11.6 Å². The van der Waals surface area contributed by atoms with Gasteiger partial charge in [-0.3, -0.25) is 4.79 Å². The highest BCUT2D eigenvalue weighted by atomic mass is 35.5. The normalized spacial score (nSPS) is 11.6. The summed E-state index contributed by atoms with van der Waals surface area (Å²) in [7, 11) is 4.31. The standard InChI is InChI=1S/C18H19ClFNO4/c1-10(11-5-6-15(23-2)14(20)8-11)21-18(22)12-7-13(19)17(25-4)16(9-12)24-3/h5-10H,1-4H3,(H,21,22)/t10-/m1/s1. The first-order chi connectivity index (χ1) is 11.9. The third-order valence-corrected chi connectivity index (χ3v) is 4.00. The van der Waals surface area contributed by atoms with Gasteiger partial charge in [0.15, 0.2) is 23.1 Å². The molecule has 0 fully saturated rings. The summed E-state index contributed by atoms with van der Waals surface area (Å²) >= 11 is 6.12. The number of nitrogens with one attached hydrogen (secondary N) is 1. The molecule has 134 valence electrons. The topological polar surface area (TPSA) is 56.8 Å². The summed E-state index contributed by atoms with van der Waals surface area (Å²) in [5.74, 6) is -0.00919. The van der Waals surface area contributed by atoms with E-state index in [0.717, 1.165) is 0 Å². The van der Waals surface area contributed by atoms with Crippen LogP contribution in [0.4, 0.5) is 4.39 Å². The molecular formula is C18H19ClFNO4. The quantitative estimate of drug-likeness (QED) is 0.838. The minimum Gasteiger partial charge on any atom is -0.494 e. The van der Waals surface area contributed by atoms with Crippen LogP contribution in [0.1, 0.15) is 28.9 Å². The Morgan fingerprint density at radius 3 is 2.32 bits per heavy atom. The molecule has 0 aromatic heterocycles. The summed E-state index contributed by atoms with van der Waals surface area (Å²) in [5, 5.41) is 3.05. The average molecular weight is 368 g/mol. The van der Waals surface area contributed by atoms with Crippen LogP contribution in [0.5, 0.6) is 17.2 Å². The fourth-order valence-electron chi connectivity index (χ4n) is 2.36. The summed E-state index contributed by atoms with van der Waals surface area (Å²) in [6.45, 7) is 1.75. The van der Waals surface area contributed by atoms with Crippen molar-refractivity contribution in [1.82, 2.24) is 5.32 Å². The Hall–Kier alpha value is -2.47. The fourth-order valence-corrected chi connectivity index (χ4v) is 2.65. The van der Waals surface area contributed by atoms with Gasteiger partial charge in [0.1, 0.15) is 0 Å². The Morgan fingerprint density at radius 2 is 1.76 bits per heavy atom. The van der Waals surface area contributed by atoms with Gasteiger partial charge in [0, 0.05) is 5.56 Å². The molecule has 0 radical (unpaired) electrons. The van der Waals surface area contributed by atoms with Gasteiger partial charge in [0.2, 0.25) is 0 Å². The second-order valence-corrected chi connectivity index (χ2v) is 5.69. The fraction of sp³-hybridized carbons (Fsp3) is 0.278. The summed E-state index contributed by atoms with van der Waals surface area (Å²) in [5.41, 5.74) is 0.918. The lowest BCUT2D eigenvalue weighted by Crippen LogP contribution is -2.26. The maximum absolute atomic E-state index is 13.8. The molecule has 1 amide bonds. The number of methoxy groups -OCH3 is 3. The van der Waals surface area contributed by atoms with E-state index in [1.165, 1.54) is 45.6 Å². The molecule has 2 aromatic rings. The van der Waals surface area contributed by atoms with Gasteiger partial charge in [-0.25, -0.2) is 4.39 Å². The highest BCUT2D eigenvalue weighted by molar-refractivity contribution is 6.32. The Labute approximate surface area is 150 Å². The largest absolute Gasteiger partial charge is 0.494 e. The Bertz CT molecular complexity index is 782. The SMILES string of the molecule is COc1ccc([C@@H](C)NC(=O)c2cc(Cl)c(OC)c(OC)c2)cc1F. The Balaban J connectivity index is 2.21. The molecule has 0 unspecified atom stereocenters. The lowest BCUT2D eigenvalue weighted by molar-refractivity contribution is 0.0939. The van der Waals surface area contributed by atoms with Crippen molar-refractivity contribution in [2.24, 2.45) is 0 Å². The number of hydrogen-bond donors (Lipinski definition) is 1. The smallest absolute Gasteiger partial charge is 0.251 e. The number of amides is 1. The van der Waals surface area contributed by atoms with Crippen molar-refractivity contribution in [2.75, 3.05) is 21.3 Å². The van der Waals surface area contributed by atoms with E-state index in [1.54, 1.807) is 13.0 Å². The van der Waals surface area contributed by atoms with Crippen LogP contribution in [-0.4, -0.2) is 27.2 Å². The lowest BCUT2D eigenvalue weighted by atomic mass is 10.1. The van der Waals surface area contributed by atoms with Gasteiger partial charge in [-0.15, -0.1) is 0 Å². The zero-order valence-electron chi connectivity index (χ0n) is 14.4. The van der Waals surface area contributed by atoms with Crippen LogP contribution in [0.3, 0.4) is 0 Å². The molecular weight excluding hydrogens is 349 g/mol. The van der Waals surface area contributed by atoms with E-state index >= 15 is 0 Å². The van der Waals surface area contributed by atoms with Crippen LogP contribution in [0.25, 0.3) is 0 Å². The second kappa shape index (κ2) is 8.07. The van der Waals surface area contributed by atoms with E-state index in [2.05, 4.69) is 5.32 Å². The van der Waals surface area contributed by atoms with Crippen LogP contribution in [-0.2, 0) is 0 Å². The first-order valence-corrected chi connectivity index (χ1v) is 7.84. The van der Waals surface area contributed by atoms with Gasteiger partial charge in [-0.2, -0.15) is 0 Å². The van der Waals surface area contributed by atoms with Gasteiger partial charge in [-0.05, 0) is 36.8 Å². The number of carbonyl (C=O) groups excluding carboxylic acids is 1. The second-order valence-electron chi connectivity index (χ2n) is 5.28.